The lowest BCUT2D eigenvalue weighted by Gasteiger charge is -2.10. The molecule has 0 saturated heterocycles. The van der Waals surface area contributed by atoms with E-state index >= 15 is 0 Å². The van der Waals surface area contributed by atoms with Gasteiger partial charge in [-0.25, -0.2) is 0 Å². The Hall–Kier alpha value is -1.09. The molecular weight excluding hydrogens is 188 g/mol. The summed E-state index contributed by atoms with van der Waals surface area (Å²) in [7, 11) is 0. The first-order valence-corrected chi connectivity index (χ1v) is 5.44. The van der Waals surface area contributed by atoms with Crippen LogP contribution < -0.4 is 10.5 Å². The van der Waals surface area contributed by atoms with E-state index in [0.717, 1.165) is 18.6 Å². The molecule has 1 rings (SSSR count). The van der Waals surface area contributed by atoms with Crippen molar-refractivity contribution in [1.82, 2.24) is 4.98 Å². The summed E-state index contributed by atoms with van der Waals surface area (Å²) in [6.45, 7) is 6.03. The zero-order valence-corrected chi connectivity index (χ0v) is 9.73. The molecule has 84 valence electrons. The lowest BCUT2D eigenvalue weighted by atomic mass is 10.1. The SMILES string of the molecule is CC(N)CCc1cncc(OC(C)C)c1. The van der Waals surface area contributed by atoms with Crippen LogP contribution in [0.2, 0.25) is 0 Å². The van der Waals surface area contributed by atoms with E-state index in [0.29, 0.717) is 0 Å². The molecule has 3 nitrogen and oxygen atoms in total. The van der Waals surface area contributed by atoms with Crippen molar-refractivity contribution >= 4 is 0 Å². The molecule has 2 N–H and O–H groups in total. The Bertz CT molecular complexity index is 297. The van der Waals surface area contributed by atoms with Crippen LogP contribution in [-0.4, -0.2) is 17.1 Å². The van der Waals surface area contributed by atoms with E-state index in [2.05, 4.69) is 4.98 Å². The van der Waals surface area contributed by atoms with Crippen molar-refractivity contribution in [2.24, 2.45) is 5.73 Å². The van der Waals surface area contributed by atoms with E-state index in [4.69, 9.17) is 10.5 Å². The Morgan fingerprint density at radius 3 is 2.67 bits per heavy atom. The summed E-state index contributed by atoms with van der Waals surface area (Å²) in [6, 6.07) is 2.27. The summed E-state index contributed by atoms with van der Waals surface area (Å²) in [5.74, 6) is 0.840. The van der Waals surface area contributed by atoms with Crippen molar-refractivity contribution in [2.75, 3.05) is 0 Å². The predicted molar refractivity (Wildman–Crippen MR) is 62.0 cm³/mol. The highest BCUT2D eigenvalue weighted by molar-refractivity contribution is 5.23. The van der Waals surface area contributed by atoms with Gasteiger partial charge in [0, 0.05) is 12.2 Å². The van der Waals surface area contributed by atoms with Gasteiger partial charge in [0.15, 0.2) is 0 Å². The Kier molecular flexibility index (Phi) is 4.56. The second-order valence-electron chi connectivity index (χ2n) is 4.21. The van der Waals surface area contributed by atoms with Gasteiger partial charge in [-0.1, -0.05) is 0 Å². The van der Waals surface area contributed by atoms with Gasteiger partial charge in [0.1, 0.15) is 5.75 Å². The lowest BCUT2D eigenvalue weighted by molar-refractivity contribution is 0.241. The molecule has 1 atom stereocenters. The molecule has 1 unspecified atom stereocenters. The highest BCUT2D eigenvalue weighted by Gasteiger charge is 2.01. The predicted octanol–water partition coefficient (Wildman–Crippen LogP) is 2.15. The van der Waals surface area contributed by atoms with E-state index in [9.17, 15) is 0 Å². The number of ether oxygens (including phenoxy) is 1. The van der Waals surface area contributed by atoms with Crippen molar-refractivity contribution in [2.45, 2.75) is 45.8 Å². The van der Waals surface area contributed by atoms with Gasteiger partial charge in [0.25, 0.3) is 0 Å². The van der Waals surface area contributed by atoms with Gasteiger partial charge in [-0.2, -0.15) is 0 Å². The van der Waals surface area contributed by atoms with Crippen LogP contribution in [0.4, 0.5) is 0 Å². The molecule has 0 aliphatic rings. The van der Waals surface area contributed by atoms with Gasteiger partial charge in [-0.15, -0.1) is 0 Å². The molecule has 0 aliphatic heterocycles. The first-order chi connectivity index (χ1) is 7.08. The van der Waals surface area contributed by atoms with Crippen LogP contribution in [0.15, 0.2) is 18.5 Å². The van der Waals surface area contributed by atoms with Crippen molar-refractivity contribution in [1.29, 1.82) is 0 Å². The molecule has 0 radical (unpaired) electrons. The summed E-state index contributed by atoms with van der Waals surface area (Å²) in [4.78, 5) is 4.15. The minimum atomic E-state index is 0.190. The summed E-state index contributed by atoms with van der Waals surface area (Å²) in [5, 5.41) is 0. The average Bonchev–Trinajstić information content (AvgIpc) is 2.14. The quantitative estimate of drug-likeness (QED) is 0.806. The molecule has 0 spiro atoms. The van der Waals surface area contributed by atoms with Crippen LogP contribution in [-0.2, 0) is 6.42 Å². The van der Waals surface area contributed by atoms with Crippen molar-refractivity contribution in [3.05, 3.63) is 24.0 Å². The summed E-state index contributed by atoms with van der Waals surface area (Å²) in [5.41, 5.74) is 6.89. The molecule has 1 aromatic rings. The number of pyridine rings is 1. The number of nitrogens with two attached hydrogens (primary N) is 1. The topological polar surface area (TPSA) is 48.1 Å². The second-order valence-corrected chi connectivity index (χ2v) is 4.21. The smallest absolute Gasteiger partial charge is 0.138 e. The van der Waals surface area contributed by atoms with Crippen LogP contribution >= 0.6 is 0 Å². The Balaban J connectivity index is 2.57. The van der Waals surface area contributed by atoms with Crippen molar-refractivity contribution in [3.63, 3.8) is 0 Å². The molecule has 0 fully saturated rings. The summed E-state index contributed by atoms with van der Waals surface area (Å²) in [6.07, 6.45) is 5.74. The van der Waals surface area contributed by atoms with E-state index in [1.165, 1.54) is 5.56 Å². The molecule has 0 aromatic carbocycles. The normalized spacial score (nSPS) is 12.9. The number of rotatable bonds is 5. The largest absolute Gasteiger partial charge is 0.489 e. The molecule has 1 heterocycles. The van der Waals surface area contributed by atoms with Crippen molar-refractivity contribution in [3.8, 4) is 5.75 Å². The summed E-state index contributed by atoms with van der Waals surface area (Å²) >= 11 is 0. The van der Waals surface area contributed by atoms with Crippen LogP contribution in [0.25, 0.3) is 0 Å². The van der Waals surface area contributed by atoms with E-state index in [1.54, 1.807) is 6.20 Å². The maximum Gasteiger partial charge on any atom is 0.138 e. The Morgan fingerprint density at radius 1 is 1.33 bits per heavy atom. The minimum Gasteiger partial charge on any atom is -0.489 e. The van der Waals surface area contributed by atoms with Gasteiger partial charge in [0.05, 0.1) is 12.3 Å². The second kappa shape index (κ2) is 5.71. The number of aryl methyl sites for hydroxylation is 1. The highest BCUT2D eigenvalue weighted by Crippen LogP contribution is 2.14. The van der Waals surface area contributed by atoms with Crippen LogP contribution in [0.3, 0.4) is 0 Å². The molecular formula is C12H20N2O. The molecule has 3 heteroatoms. The van der Waals surface area contributed by atoms with Crippen LogP contribution in [0.1, 0.15) is 32.8 Å². The van der Waals surface area contributed by atoms with E-state index < -0.39 is 0 Å². The van der Waals surface area contributed by atoms with Gasteiger partial charge < -0.3 is 10.5 Å². The Labute approximate surface area is 91.7 Å². The third-order valence-corrected chi connectivity index (χ3v) is 2.03. The summed E-state index contributed by atoms with van der Waals surface area (Å²) < 4.78 is 5.57. The maximum atomic E-state index is 5.71. The number of hydrogen-bond donors (Lipinski definition) is 1. The zero-order valence-electron chi connectivity index (χ0n) is 9.73. The monoisotopic (exact) mass is 208 g/mol. The van der Waals surface area contributed by atoms with Gasteiger partial charge in [-0.3, -0.25) is 4.98 Å². The molecule has 1 aromatic heterocycles. The molecule has 0 saturated carbocycles. The fraction of sp³-hybridized carbons (Fsp3) is 0.583. The third kappa shape index (κ3) is 4.79. The minimum absolute atomic E-state index is 0.190. The van der Waals surface area contributed by atoms with Crippen LogP contribution in [0, 0.1) is 0 Å². The van der Waals surface area contributed by atoms with Gasteiger partial charge in [-0.05, 0) is 45.2 Å². The number of aromatic nitrogens is 1. The van der Waals surface area contributed by atoms with Crippen molar-refractivity contribution < 1.29 is 4.74 Å². The fourth-order valence-corrected chi connectivity index (χ4v) is 1.33. The molecule has 0 amide bonds. The zero-order chi connectivity index (χ0) is 11.3. The van der Waals surface area contributed by atoms with Gasteiger partial charge >= 0.3 is 0 Å². The van der Waals surface area contributed by atoms with Gasteiger partial charge in [0.2, 0.25) is 0 Å². The lowest BCUT2D eigenvalue weighted by Crippen LogP contribution is -2.15. The van der Waals surface area contributed by atoms with E-state index in [1.807, 2.05) is 33.0 Å². The van der Waals surface area contributed by atoms with E-state index in [-0.39, 0.29) is 12.1 Å². The first-order valence-electron chi connectivity index (χ1n) is 5.44. The number of hydrogen-bond acceptors (Lipinski definition) is 3. The maximum absolute atomic E-state index is 5.71. The third-order valence-electron chi connectivity index (χ3n) is 2.03. The molecule has 0 bridgehead atoms. The first kappa shape index (κ1) is 12.0. The standard InChI is InChI=1S/C12H20N2O/c1-9(2)15-12-6-11(7-14-8-12)5-4-10(3)13/h6-10H,4-5,13H2,1-3H3. The average molecular weight is 208 g/mol. The fourth-order valence-electron chi connectivity index (χ4n) is 1.33. The molecule has 15 heavy (non-hydrogen) atoms. The molecule has 0 aliphatic carbocycles. The highest BCUT2D eigenvalue weighted by atomic mass is 16.5. The van der Waals surface area contributed by atoms with Crippen LogP contribution in [0.5, 0.6) is 5.75 Å². The number of nitrogens with zero attached hydrogens (tertiary/aromatic N) is 1. The Morgan fingerprint density at radius 2 is 2.07 bits per heavy atom.